The van der Waals surface area contributed by atoms with Crippen LogP contribution in [0.4, 0.5) is 0 Å². The molecule has 2 heterocycles. The predicted molar refractivity (Wildman–Crippen MR) is 70.1 cm³/mol. The average molecular weight is 250 g/mol. The van der Waals surface area contributed by atoms with Gasteiger partial charge in [0.15, 0.2) is 0 Å². The molecule has 4 nitrogen and oxygen atoms in total. The molecule has 2 aromatic rings. The van der Waals surface area contributed by atoms with Crippen LogP contribution in [0.15, 0.2) is 11.6 Å². The van der Waals surface area contributed by atoms with Crippen LogP contribution < -0.4 is 5.73 Å². The highest BCUT2D eigenvalue weighted by Crippen LogP contribution is 2.21. The first-order valence-corrected chi connectivity index (χ1v) is 6.67. The molecular weight excluding hydrogens is 232 g/mol. The number of hydrogen-bond acceptors (Lipinski definition) is 4. The Labute approximate surface area is 105 Å². The summed E-state index contributed by atoms with van der Waals surface area (Å²) in [5.74, 6) is 0. The van der Waals surface area contributed by atoms with Crippen LogP contribution in [0.2, 0.25) is 0 Å². The van der Waals surface area contributed by atoms with Crippen molar-refractivity contribution < 1.29 is 0 Å². The molecule has 1 atom stereocenters. The molecule has 0 amide bonds. The van der Waals surface area contributed by atoms with Gasteiger partial charge in [0, 0.05) is 42.3 Å². The minimum absolute atomic E-state index is 0.0100. The van der Waals surface area contributed by atoms with E-state index in [4.69, 9.17) is 5.73 Å². The molecule has 2 rings (SSSR count). The second kappa shape index (κ2) is 4.98. The summed E-state index contributed by atoms with van der Waals surface area (Å²) in [5, 5.41) is 7.58. The topological polar surface area (TPSA) is 56.7 Å². The minimum Gasteiger partial charge on any atom is -0.323 e. The van der Waals surface area contributed by atoms with Crippen LogP contribution in [0.1, 0.15) is 34.9 Å². The summed E-state index contributed by atoms with van der Waals surface area (Å²) in [4.78, 5) is 4.45. The zero-order valence-corrected chi connectivity index (χ0v) is 11.3. The molecule has 0 radical (unpaired) electrons. The van der Waals surface area contributed by atoms with Crippen molar-refractivity contribution in [2.45, 2.75) is 32.7 Å². The maximum atomic E-state index is 6.24. The van der Waals surface area contributed by atoms with E-state index in [1.165, 1.54) is 0 Å². The van der Waals surface area contributed by atoms with Crippen LogP contribution in [-0.2, 0) is 19.9 Å². The first-order valence-electron chi connectivity index (χ1n) is 5.79. The summed E-state index contributed by atoms with van der Waals surface area (Å²) >= 11 is 1.67. The van der Waals surface area contributed by atoms with Gasteiger partial charge in [-0.25, -0.2) is 4.98 Å². The van der Waals surface area contributed by atoms with Gasteiger partial charge in [0.1, 0.15) is 0 Å². The van der Waals surface area contributed by atoms with Crippen LogP contribution >= 0.6 is 11.3 Å². The molecule has 0 aromatic carbocycles. The van der Waals surface area contributed by atoms with Crippen LogP contribution in [0.25, 0.3) is 0 Å². The van der Waals surface area contributed by atoms with Gasteiger partial charge in [-0.2, -0.15) is 5.10 Å². The smallest absolute Gasteiger partial charge is 0.0947 e. The van der Waals surface area contributed by atoms with Crippen molar-refractivity contribution >= 4 is 11.3 Å². The van der Waals surface area contributed by atoms with Gasteiger partial charge < -0.3 is 5.73 Å². The van der Waals surface area contributed by atoms with E-state index in [0.717, 1.165) is 34.8 Å². The van der Waals surface area contributed by atoms with Gasteiger partial charge in [-0.1, -0.05) is 6.92 Å². The van der Waals surface area contributed by atoms with Crippen LogP contribution in [0.3, 0.4) is 0 Å². The third-order valence-corrected chi connectivity index (χ3v) is 3.72. The van der Waals surface area contributed by atoms with Gasteiger partial charge in [0.25, 0.3) is 0 Å². The lowest BCUT2D eigenvalue weighted by Crippen LogP contribution is -2.14. The van der Waals surface area contributed by atoms with Crippen molar-refractivity contribution in [2.75, 3.05) is 0 Å². The SMILES string of the molecule is CCc1nn(C)cc1C(N)Cc1nc(C)cs1. The van der Waals surface area contributed by atoms with Crippen LogP contribution in [0.5, 0.6) is 0 Å². The largest absolute Gasteiger partial charge is 0.323 e. The third kappa shape index (κ3) is 2.73. The lowest BCUT2D eigenvalue weighted by Gasteiger charge is -2.09. The van der Waals surface area contributed by atoms with Crippen molar-refractivity contribution in [1.29, 1.82) is 0 Å². The molecule has 17 heavy (non-hydrogen) atoms. The molecule has 0 spiro atoms. The first kappa shape index (κ1) is 12.3. The molecule has 2 N–H and O–H groups in total. The fraction of sp³-hybridized carbons (Fsp3) is 0.500. The zero-order valence-electron chi connectivity index (χ0n) is 10.5. The molecule has 0 aliphatic carbocycles. The fourth-order valence-corrected chi connectivity index (χ4v) is 2.76. The monoisotopic (exact) mass is 250 g/mol. The molecule has 0 bridgehead atoms. The maximum Gasteiger partial charge on any atom is 0.0947 e. The summed E-state index contributed by atoms with van der Waals surface area (Å²) in [6, 6.07) is -0.0100. The Kier molecular flexibility index (Phi) is 3.59. The molecule has 1 unspecified atom stereocenters. The Balaban J connectivity index is 2.16. The lowest BCUT2D eigenvalue weighted by molar-refractivity contribution is 0.707. The second-order valence-electron chi connectivity index (χ2n) is 4.25. The third-order valence-electron chi connectivity index (χ3n) is 2.73. The van der Waals surface area contributed by atoms with Crippen molar-refractivity contribution in [3.05, 3.63) is 33.5 Å². The van der Waals surface area contributed by atoms with E-state index in [0.29, 0.717) is 0 Å². The van der Waals surface area contributed by atoms with Gasteiger partial charge >= 0.3 is 0 Å². The molecule has 0 fully saturated rings. The summed E-state index contributed by atoms with van der Waals surface area (Å²) in [5.41, 5.74) is 9.54. The van der Waals surface area contributed by atoms with E-state index in [1.807, 2.05) is 24.9 Å². The van der Waals surface area contributed by atoms with Gasteiger partial charge in [-0.05, 0) is 13.3 Å². The zero-order chi connectivity index (χ0) is 12.4. The molecule has 0 aliphatic rings. The van der Waals surface area contributed by atoms with Crippen LogP contribution in [0, 0.1) is 6.92 Å². The van der Waals surface area contributed by atoms with E-state index < -0.39 is 0 Å². The van der Waals surface area contributed by atoms with Crippen molar-refractivity contribution in [3.63, 3.8) is 0 Å². The van der Waals surface area contributed by atoms with Gasteiger partial charge in [0.05, 0.1) is 10.7 Å². The number of thiazole rings is 1. The number of aryl methyl sites for hydroxylation is 3. The van der Waals surface area contributed by atoms with E-state index >= 15 is 0 Å². The fourth-order valence-electron chi connectivity index (χ4n) is 1.93. The Bertz CT molecular complexity index is 500. The van der Waals surface area contributed by atoms with Crippen molar-refractivity contribution in [3.8, 4) is 0 Å². The Morgan fingerprint density at radius 2 is 2.29 bits per heavy atom. The summed E-state index contributed by atoms with van der Waals surface area (Å²) in [6.45, 7) is 4.11. The second-order valence-corrected chi connectivity index (χ2v) is 5.19. The molecule has 92 valence electrons. The standard InChI is InChI=1S/C12H18N4S/c1-4-11-9(6-16(3)15-11)10(13)5-12-14-8(2)7-17-12/h6-7,10H,4-5,13H2,1-3H3. The van der Waals surface area contributed by atoms with E-state index in [2.05, 4.69) is 22.4 Å². The molecular formula is C12H18N4S. The van der Waals surface area contributed by atoms with Gasteiger partial charge in [-0.3, -0.25) is 4.68 Å². The Hall–Kier alpha value is -1.20. The first-order chi connectivity index (χ1) is 8.10. The summed E-state index contributed by atoms with van der Waals surface area (Å²) in [6.07, 6.45) is 3.72. The molecule has 5 heteroatoms. The van der Waals surface area contributed by atoms with E-state index in [1.54, 1.807) is 11.3 Å². The number of aromatic nitrogens is 3. The highest BCUT2D eigenvalue weighted by Gasteiger charge is 2.15. The maximum absolute atomic E-state index is 6.24. The molecule has 0 saturated carbocycles. The minimum atomic E-state index is -0.0100. The summed E-state index contributed by atoms with van der Waals surface area (Å²) in [7, 11) is 1.93. The van der Waals surface area contributed by atoms with E-state index in [-0.39, 0.29) is 6.04 Å². The number of nitrogens with zero attached hydrogens (tertiary/aromatic N) is 3. The predicted octanol–water partition coefficient (Wildman–Crippen LogP) is 1.99. The van der Waals surface area contributed by atoms with Crippen molar-refractivity contribution in [1.82, 2.24) is 14.8 Å². The molecule has 0 saturated heterocycles. The van der Waals surface area contributed by atoms with Gasteiger partial charge in [-0.15, -0.1) is 11.3 Å². The highest BCUT2D eigenvalue weighted by molar-refractivity contribution is 7.09. The summed E-state index contributed by atoms with van der Waals surface area (Å²) < 4.78 is 1.83. The van der Waals surface area contributed by atoms with E-state index in [9.17, 15) is 0 Å². The Morgan fingerprint density at radius 1 is 1.53 bits per heavy atom. The number of nitrogens with two attached hydrogens (primary N) is 1. The average Bonchev–Trinajstić information content (AvgIpc) is 2.84. The van der Waals surface area contributed by atoms with Gasteiger partial charge in [0.2, 0.25) is 0 Å². The highest BCUT2D eigenvalue weighted by atomic mass is 32.1. The Morgan fingerprint density at radius 3 is 2.88 bits per heavy atom. The quantitative estimate of drug-likeness (QED) is 0.903. The number of hydrogen-bond donors (Lipinski definition) is 1. The lowest BCUT2D eigenvalue weighted by atomic mass is 10.0. The number of rotatable bonds is 4. The van der Waals surface area contributed by atoms with Crippen molar-refractivity contribution in [2.24, 2.45) is 12.8 Å². The normalized spacial score (nSPS) is 12.9. The molecule has 0 aliphatic heterocycles. The molecule has 2 aromatic heterocycles. The van der Waals surface area contributed by atoms with Crippen LogP contribution in [-0.4, -0.2) is 14.8 Å².